The van der Waals surface area contributed by atoms with E-state index < -0.39 is 0 Å². The SMILES string of the molecule is CCOc1ccc(CNc2cc(N3Cc4cnc(Cl)cc4C3)nc(C)n2)cc1C. The summed E-state index contributed by atoms with van der Waals surface area (Å²) in [6.07, 6.45) is 1.85. The lowest BCUT2D eigenvalue weighted by atomic mass is 10.1. The van der Waals surface area contributed by atoms with Gasteiger partial charge in [0, 0.05) is 31.9 Å². The maximum Gasteiger partial charge on any atom is 0.134 e. The Morgan fingerprint density at radius 3 is 2.72 bits per heavy atom. The normalized spacial score (nSPS) is 12.8. The van der Waals surface area contributed by atoms with E-state index in [1.165, 1.54) is 16.7 Å². The molecular formula is C22H24ClN5O. The van der Waals surface area contributed by atoms with Crippen molar-refractivity contribution in [3.05, 3.63) is 69.8 Å². The van der Waals surface area contributed by atoms with E-state index in [2.05, 4.69) is 44.2 Å². The summed E-state index contributed by atoms with van der Waals surface area (Å²) < 4.78 is 5.62. The van der Waals surface area contributed by atoms with Crippen molar-refractivity contribution in [3.8, 4) is 5.75 Å². The van der Waals surface area contributed by atoms with E-state index in [9.17, 15) is 0 Å². The van der Waals surface area contributed by atoms with Gasteiger partial charge >= 0.3 is 0 Å². The topological polar surface area (TPSA) is 63.2 Å². The van der Waals surface area contributed by atoms with Crippen LogP contribution in [0, 0.1) is 13.8 Å². The van der Waals surface area contributed by atoms with Gasteiger partial charge in [-0.05, 0) is 55.2 Å². The molecule has 0 saturated heterocycles. The van der Waals surface area contributed by atoms with Crippen LogP contribution in [0.15, 0.2) is 36.5 Å². The summed E-state index contributed by atoms with van der Waals surface area (Å²) in [6.45, 7) is 8.87. The van der Waals surface area contributed by atoms with Crippen molar-refractivity contribution in [1.82, 2.24) is 15.0 Å². The number of fused-ring (bicyclic) bond motifs is 1. The van der Waals surface area contributed by atoms with Crippen LogP contribution in [-0.2, 0) is 19.6 Å². The molecule has 0 unspecified atom stereocenters. The van der Waals surface area contributed by atoms with Gasteiger partial charge in [-0.1, -0.05) is 23.7 Å². The second-order valence-corrected chi connectivity index (χ2v) is 7.56. The number of nitrogens with zero attached hydrogens (tertiary/aromatic N) is 4. The smallest absolute Gasteiger partial charge is 0.134 e. The van der Waals surface area contributed by atoms with Crippen LogP contribution < -0.4 is 15.0 Å². The van der Waals surface area contributed by atoms with Crippen LogP contribution in [0.1, 0.15) is 35.0 Å². The third-order valence-electron chi connectivity index (χ3n) is 4.93. The molecule has 150 valence electrons. The Bertz CT molecular complexity index is 1040. The minimum Gasteiger partial charge on any atom is -0.494 e. The van der Waals surface area contributed by atoms with Crippen LogP contribution in [0.4, 0.5) is 11.6 Å². The molecule has 0 aliphatic carbocycles. The van der Waals surface area contributed by atoms with Crippen LogP contribution >= 0.6 is 11.6 Å². The molecule has 0 radical (unpaired) electrons. The van der Waals surface area contributed by atoms with Gasteiger partial charge in [-0.2, -0.15) is 0 Å². The zero-order valence-electron chi connectivity index (χ0n) is 16.9. The van der Waals surface area contributed by atoms with Gasteiger partial charge in [-0.15, -0.1) is 0 Å². The Balaban J connectivity index is 1.47. The maximum absolute atomic E-state index is 6.03. The van der Waals surface area contributed by atoms with Crippen molar-refractivity contribution in [2.45, 2.75) is 40.4 Å². The van der Waals surface area contributed by atoms with Gasteiger partial charge in [0.15, 0.2) is 0 Å². The average molecular weight is 410 g/mol. The van der Waals surface area contributed by atoms with Crippen molar-refractivity contribution in [2.24, 2.45) is 0 Å². The van der Waals surface area contributed by atoms with E-state index in [1.54, 1.807) is 0 Å². The summed E-state index contributed by atoms with van der Waals surface area (Å²) in [6, 6.07) is 10.2. The van der Waals surface area contributed by atoms with E-state index in [-0.39, 0.29) is 0 Å². The quantitative estimate of drug-likeness (QED) is 0.597. The number of anilines is 2. The molecule has 2 aromatic heterocycles. The van der Waals surface area contributed by atoms with Gasteiger partial charge in [-0.25, -0.2) is 15.0 Å². The molecule has 1 N–H and O–H groups in total. The number of hydrogen-bond acceptors (Lipinski definition) is 6. The summed E-state index contributed by atoms with van der Waals surface area (Å²) in [5, 5.41) is 3.95. The maximum atomic E-state index is 6.03. The highest BCUT2D eigenvalue weighted by Gasteiger charge is 2.21. The van der Waals surface area contributed by atoms with E-state index in [1.807, 2.05) is 38.2 Å². The van der Waals surface area contributed by atoms with Crippen LogP contribution in [0.25, 0.3) is 0 Å². The second-order valence-electron chi connectivity index (χ2n) is 7.18. The Hall–Kier alpha value is -2.86. The molecular weight excluding hydrogens is 386 g/mol. The highest BCUT2D eigenvalue weighted by Crippen LogP contribution is 2.29. The molecule has 0 atom stereocenters. The highest BCUT2D eigenvalue weighted by atomic mass is 35.5. The first-order chi connectivity index (χ1) is 14.0. The van der Waals surface area contributed by atoms with Crippen molar-refractivity contribution < 1.29 is 4.74 Å². The number of aryl methyl sites for hydroxylation is 2. The number of pyridine rings is 1. The number of benzene rings is 1. The fourth-order valence-corrected chi connectivity index (χ4v) is 3.73. The Kier molecular flexibility index (Phi) is 5.53. The number of halogens is 1. The fraction of sp³-hybridized carbons (Fsp3) is 0.318. The van der Waals surface area contributed by atoms with Gasteiger partial charge in [0.1, 0.15) is 28.4 Å². The first-order valence-corrected chi connectivity index (χ1v) is 10.1. The lowest BCUT2D eigenvalue weighted by Crippen LogP contribution is -2.17. The fourth-order valence-electron chi connectivity index (χ4n) is 3.55. The molecule has 1 aliphatic heterocycles. The van der Waals surface area contributed by atoms with Gasteiger partial charge in [0.25, 0.3) is 0 Å². The average Bonchev–Trinajstić information content (AvgIpc) is 3.11. The standard InChI is InChI=1S/C22H24ClN5O/c1-4-29-19-6-5-16(7-14(19)2)10-25-21-9-22(27-15(3)26-21)28-12-17-8-20(23)24-11-18(17)13-28/h5-9,11H,4,10,12-13H2,1-3H3,(H,25,26,27). The number of nitrogens with one attached hydrogen (secondary N) is 1. The number of rotatable bonds is 6. The third kappa shape index (κ3) is 4.43. The van der Waals surface area contributed by atoms with Crippen LogP contribution in [0.5, 0.6) is 5.75 Å². The largest absolute Gasteiger partial charge is 0.494 e. The summed E-state index contributed by atoms with van der Waals surface area (Å²) >= 11 is 6.03. The van der Waals surface area contributed by atoms with Gasteiger partial charge in [0.05, 0.1) is 6.61 Å². The van der Waals surface area contributed by atoms with E-state index in [4.69, 9.17) is 16.3 Å². The minimum absolute atomic E-state index is 0.525. The molecule has 7 heteroatoms. The minimum atomic E-state index is 0.525. The predicted molar refractivity (Wildman–Crippen MR) is 116 cm³/mol. The Morgan fingerprint density at radius 2 is 1.93 bits per heavy atom. The first-order valence-electron chi connectivity index (χ1n) is 9.72. The zero-order valence-corrected chi connectivity index (χ0v) is 17.6. The monoisotopic (exact) mass is 409 g/mol. The Morgan fingerprint density at radius 1 is 1.10 bits per heavy atom. The van der Waals surface area contributed by atoms with Crippen LogP contribution in [0.2, 0.25) is 5.15 Å². The second kappa shape index (κ2) is 8.25. The molecule has 0 fully saturated rings. The zero-order chi connectivity index (χ0) is 20.4. The number of ether oxygens (including phenoxy) is 1. The van der Waals surface area contributed by atoms with Gasteiger partial charge in [-0.3, -0.25) is 0 Å². The number of hydrogen-bond donors (Lipinski definition) is 1. The van der Waals surface area contributed by atoms with Crippen LogP contribution in [0.3, 0.4) is 0 Å². The predicted octanol–water partition coefficient (Wildman–Crippen LogP) is 4.67. The molecule has 6 nitrogen and oxygen atoms in total. The van der Waals surface area contributed by atoms with Crippen molar-refractivity contribution in [3.63, 3.8) is 0 Å². The number of aromatic nitrogens is 3. The lowest BCUT2D eigenvalue weighted by molar-refractivity contribution is 0.338. The molecule has 0 amide bonds. The summed E-state index contributed by atoms with van der Waals surface area (Å²) in [5.74, 6) is 3.38. The highest BCUT2D eigenvalue weighted by molar-refractivity contribution is 6.29. The van der Waals surface area contributed by atoms with Crippen LogP contribution in [-0.4, -0.2) is 21.6 Å². The molecule has 1 aromatic carbocycles. The molecule has 3 heterocycles. The third-order valence-corrected chi connectivity index (χ3v) is 5.14. The molecule has 0 bridgehead atoms. The molecule has 29 heavy (non-hydrogen) atoms. The van der Waals surface area contributed by atoms with E-state index >= 15 is 0 Å². The summed E-state index contributed by atoms with van der Waals surface area (Å²) in [7, 11) is 0. The van der Waals surface area contributed by atoms with Crippen molar-refractivity contribution in [1.29, 1.82) is 0 Å². The van der Waals surface area contributed by atoms with E-state index in [0.717, 1.165) is 41.9 Å². The molecule has 0 saturated carbocycles. The Labute approximate surface area is 175 Å². The lowest BCUT2D eigenvalue weighted by Gasteiger charge is -2.18. The van der Waals surface area contributed by atoms with Crippen molar-refractivity contribution >= 4 is 23.2 Å². The van der Waals surface area contributed by atoms with E-state index in [0.29, 0.717) is 18.3 Å². The summed E-state index contributed by atoms with van der Waals surface area (Å²) in [4.78, 5) is 15.6. The van der Waals surface area contributed by atoms with Gasteiger partial charge < -0.3 is 15.0 Å². The first kappa shape index (κ1) is 19.5. The van der Waals surface area contributed by atoms with Crippen molar-refractivity contribution in [2.75, 3.05) is 16.8 Å². The molecule has 3 aromatic rings. The molecule has 1 aliphatic rings. The molecule has 4 rings (SSSR count). The molecule has 0 spiro atoms. The van der Waals surface area contributed by atoms with Gasteiger partial charge in [0.2, 0.25) is 0 Å². The summed E-state index contributed by atoms with van der Waals surface area (Å²) in [5.41, 5.74) is 4.69.